The Bertz CT molecular complexity index is 2290. The molecule has 0 bridgehead atoms. The molecule has 5 aromatic rings. The van der Waals surface area contributed by atoms with Gasteiger partial charge in [-0.05, 0) is 53.4 Å². The Morgan fingerprint density at radius 2 is 1.75 bits per heavy atom. The Kier molecular flexibility index (Phi) is 7.26. The van der Waals surface area contributed by atoms with Crippen LogP contribution in [0.25, 0.3) is 27.5 Å². The van der Waals surface area contributed by atoms with Gasteiger partial charge in [-0.3, -0.25) is 18.8 Å². The van der Waals surface area contributed by atoms with Gasteiger partial charge in [0.1, 0.15) is 17.5 Å². The molecule has 0 amide bonds. The van der Waals surface area contributed by atoms with E-state index < -0.39 is 43.1 Å². The van der Waals surface area contributed by atoms with Gasteiger partial charge in [-0.15, -0.1) is 0 Å². The number of sulfone groups is 1. The minimum absolute atomic E-state index is 0.0319. The molecule has 0 radical (unpaired) electrons. The largest absolute Gasteiger partial charge is 0.303 e. The van der Waals surface area contributed by atoms with Crippen molar-refractivity contribution >= 4 is 59.1 Å². The van der Waals surface area contributed by atoms with Crippen molar-refractivity contribution in [2.75, 3.05) is 17.2 Å². The molecule has 16 heteroatoms. The summed E-state index contributed by atoms with van der Waals surface area (Å²) >= 11 is 6.68. The second-order valence-electron chi connectivity index (χ2n) is 10.9. The molecule has 1 aliphatic heterocycles. The summed E-state index contributed by atoms with van der Waals surface area (Å²) in [5, 5.41) is 8.28. The normalized spacial score (nSPS) is 15.3. The van der Waals surface area contributed by atoms with E-state index in [2.05, 4.69) is 15.1 Å². The van der Waals surface area contributed by atoms with Crippen LogP contribution in [-0.4, -0.2) is 48.7 Å². The van der Waals surface area contributed by atoms with Gasteiger partial charge in [0, 0.05) is 25.9 Å². The highest BCUT2D eigenvalue weighted by Crippen LogP contribution is 2.39. The van der Waals surface area contributed by atoms with E-state index in [4.69, 9.17) is 16.6 Å². The first-order chi connectivity index (χ1) is 20.6. The summed E-state index contributed by atoms with van der Waals surface area (Å²) in [6.45, 7) is 0.145. The first kappa shape index (κ1) is 30.1. The number of halogens is 3. The van der Waals surface area contributed by atoms with Crippen LogP contribution in [-0.2, 0) is 45.6 Å². The molecule has 3 heterocycles. The number of hydrogen-bond donors (Lipinski definition) is 2. The van der Waals surface area contributed by atoms with E-state index in [9.17, 15) is 30.4 Å². The molecule has 0 spiro atoms. The molecule has 0 unspecified atom stereocenters. The maximum Gasteiger partial charge on any atom is 0.266 e. The van der Waals surface area contributed by atoms with Crippen LogP contribution in [0.3, 0.4) is 0 Å². The summed E-state index contributed by atoms with van der Waals surface area (Å²) in [7, 11) is -5.56. The molecule has 3 aromatic carbocycles. The van der Waals surface area contributed by atoms with E-state index in [0.29, 0.717) is 27.9 Å². The highest BCUT2D eigenvalue weighted by atomic mass is 35.5. The Morgan fingerprint density at radius 1 is 1.05 bits per heavy atom. The lowest BCUT2D eigenvalue weighted by Crippen LogP contribution is -2.29. The SMILES string of the molecule is Cn1nc(NS(C)(=O)=O)c2c(Cl)cc3c(c21)-n1c(nc2cc(CS(C)(=O)=O)ccc2c1=O)[C@H](Cc1cc(F)cc(F)c1)NC3. The molecule has 0 saturated heterocycles. The molecule has 2 N–H and O–H groups in total. The summed E-state index contributed by atoms with van der Waals surface area (Å²) in [5.74, 6) is -1.64. The third kappa shape index (κ3) is 5.67. The number of aromatic nitrogens is 4. The number of aryl methyl sites for hydroxylation is 1. The van der Waals surface area contributed by atoms with Crippen LogP contribution in [0.5, 0.6) is 0 Å². The predicted octanol–water partition coefficient (Wildman–Crippen LogP) is 3.51. The highest BCUT2D eigenvalue weighted by molar-refractivity contribution is 7.92. The average Bonchev–Trinajstić information content (AvgIpc) is 3.11. The molecule has 230 valence electrons. The van der Waals surface area contributed by atoms with Crippen molar-refractivity contribution < 1.29 is 25.6 Å². The smallest absolute Gasteiger partial charge is 0.266 e. The fourth-order valence-electron chi connectivity index (χ4n) is 5.64. The molecular weight excluding hydrogens is 638 g/mol. The minimum Gasteiger partial charge on any atom is -0.303 e. The predicted molar refractivity (Wildman–Crippen MR) is 163 cm³/mol. The quantitative estimate of drug-likeness (QED) is 0.281. The fraction of sp³-hybridized carbons (Fsp3) is 0.250. The third-order valence-electron chi connectivity index (χ3n) is 7.22. The summed E-state index contributed by atoms with van der Waals surface area (Å²) in [5.41, 5.74) is 1.71. The van der Waals surface area contributed by atoms with Crippen LogP contribution in [0.2, 0.25) is 5.02 Å². The number of nitrogens with zero attached hydrogens (tertiary/aromatic N) is 4. The van der Waals surface area contributed by atoms with Crippen molar-refractivity contribution in [3.05, 3.63) is 92.0 Å². The van der Waals surface area contributed by atoms with Gasteiger partial charge >= 0.3 is 0 Å². The van der Waals surface area contributed by atoms with E-state index in [1.54, 1.807) is 13.1 Å². The van der Waals surface area contributed by atoms with Crippen LogP contribution in [0.15, 0.2) is 47.3 Å². The molecule has 1 atom stereocenters. The fourth-order valence-corrected chi connectivity index (χ4v) is 7.23. The highest BCUT2D eigenvalue weighted by Gasteiger charge is 2.31. The van der Waals surface area contributed by atoms with Gasteiger partial charge in [-0.2, -0.15) is 5.10 Å². The Morgan fingerprint density at radius 3 is 2.41 bits per heavy atom. The monoisotopic (exact) mass is 662 g/mol. The molecule has 11 nitrogen and oxygen atoms in total. The van der Waals surface area contributed by atoms with Crippen LogP contribution < -0.4 is 15.6 Å². The lowest BCUT2D eigenvalue weighted by atomic mass is 10.0. The Hall–Kier alpha value is -3.92. The first-order valence-electron chi connectivity index (χ1n) is 13.2. The molecule has 0 fully saturated rings. The first-order valence-corrected chi connectivity index (χ1v) is 17.5. The van der Waals surface area contributed by atoms with E-state index in [1.807, 2.05) is 0 Å². The topological polar surface area (TPSA) is 145 Å². The molecular formula is C28H25ClF2N6O5S2. The minimum atomic E-state index is -3.75. The van der Waals surface area contributed by atoms with Crippen molar-refractivity contribution in [1.29, 1.82) is 0 Å². The number of fused-ring (bicyclic) bond motifs is 6. The van der Waals surface area contributed by atoms with E-state index in [1.165, 1.54) is 39.6 Å². The number of sulfonamides is 1. The Labute approximate surface area is 255 Å². The number of nitrogens with one attached hydrogen (secondary N) is 2. The lowest BCUT2D eigenvalue weighted by Gasteiger charge is -2.20. The number of anilines is 1. The van der Waals surface area contributed by atoms with Gasteiger partial charge < -0.3 is 5.32 Å². The van der Waals surface area contributed by atoms with Gasteiger partial charge in [-0.1, -0.05) is 17.7 Å². The lowest BCUT2D eigenvalue weighted by molar-refractivity contribution is 0.502. The van der Waals surface area contributed by atoms with Crippen molar-refractivity contribution in [2.24, 2.45) is 7.05 Å². The Balaban J connectivity index is 1.67. The van der Waals surface area contributed by atoms with Crippen molar-refractivity contribution in [2.45, 2.75) is 24.8 Å². The van der Waals surface area contributed by atoms with Crippen molar-refractivity contribution in [3.8, 4) is 5.69 Å². The maximum absolute atomic E-state index is 14.3. The number of benzene rings is 3. The van der Waals surface area contributed by atoms with Crippen LogP contribution in [0, 0.1) is 11.6 Å². The van der Waals surface area contributed by atoms with Gasteiger partial charge in [0.2, 0.25) is 10.0 Å². The van der Waals surface area contributed by atoms with Gasteiger partial charge in [0.05, 0.1) is 50.6 Å². The van der Waals surface area contributed by atoms with Crippen molar-refractivity contribution in [1.82, 2.24) is 24.6 Å². The number of hydrogen-bond acceptors (Lipinski definition) is 8. The zero-order chi connectivity index (χ0) is 31.7. The molecule has 1 aliphatic rings. The zero-order valence-electron chi connectivity index (χ0n) is 23.5. The molecule has 2 aromatic heterocycles. The van der Waals surface area contributed by atoms with Crippen molar-refractivity contribution in [3.63, 3.8) is 0 Å². The summed E-state index contributed by atoms with van der Waals surface area (Å²) in [4.78, 5) is 19.2. The zero-order valence-corrected chi connectivity index (χ0v) is 25.9. The molecule has 44 heavy (non-hydrogen) atoms. The van der Waals surface area contributed by atoms with E-state index >= 15 is 0 Å². The maximum atomic E-state index is 14.3. The second kappa shape index (κ2) is 10.6. The molecule has 0 aliphatic carbocycles. The van der Waals surface area contributed by atoms with Crippen LogP contribution in [0.4, 0.5) is 14.6 Å². The summed E-state index contributed by atoms with van der Waals surface area (Å²) in [6.07, 6.45) is 2.11. The standard InChI is InChI=1S/C28H25ClF2N6O5S2/c1-36-25-23(26(34-36)35-44(3,41)42)20(29)10-16-12-32-22(9-15-6-17(30)11-18(31)7-15)27-33-21-8-14(13-43(2,39)40)4-5-19(21)28(38)37(27)24(16)25/h4-8,10-11,22,32H,9,12-13H2,1-3H3,(H,34,35)/t22-/m0/s1. The van der Waals surface area contributed by atoms with E-state index in [-0.39, 0.29) is 51.7 Å². The van der Waals surface area contributed by atoms with Gasteiger partial charge in [0.25, 0.3) is 5.56 Å². The third-order valence-corrected chi connectivity index (χ3v) is 8.94. The van der Waals surface area contributed by atoms with Crippen LogP contribution >= 0.6 is 11.6 Å². The van der Waals surface area contributed by atoms with Crippen LogP contribution in [0.1, 0.15) is 28.6 Å². The summed E-state index contributed by atoms with van der Waals surface area (Å²) < 4.78 is 81.7. The number of rotatable bonds is 6. The molecule has 0 saturated carbocycles. The summed E-state index contributed by atoms with van der Waals surface area (Å²) in [6, 6.07) is 8.55. The van der Waals surface area contributed by atoms with Gasteiger partial charge in [-0.25, -0.2) is 30.6 Å². The molecule has 6 rings (SSSR count). The van der Waals surface area contributed by atoms with Gasteiger partial charge in [0.15, 0.2) is 15.7 Å². The van der Waals surface area contributed by atoms with E-state index in [0.717, 1.165) is 18.6 Å². The second-order valence-corrected chi connectivity index (χ2v) is 15.2. The average molecular weight is 663 g/mol.